The summed E-state index contributed by atoms with van der Waals surface area (Å²) in [4.78, 5) is 2.47. The van der Waals surface area contributed by atoms with Crippen LogP contribution in [0.5, 0.6) is 0 Å². The van der Waals surface area contributed by atoms with Gasteiger partial charge in [0.2, 0.25) is 0 Å². The second-order valence-corrected chi connectivity index (χ2v) is 16.8. The first kappa shape index (κ1) is 33.4. The predicted molar refractivity (Wildman–Crippen MR) is 251 cm³/mol. The van der Waals surface area contributed by atoms with Gasteiger partial charge in [0.25, 0.3) is 0 Å². The van der Waals surface area contributed by atoms with Crippen molar-refractivity contribution in [3.05, 3.63) is 199 Å². The highest BCUT2D eigenvalue weighted by molar-refractivity contribution is 6.36. The van der Waals surface area contributed by atoms with Crippen molar-refractivity contribution in [2.24, 2.45) is 0 Å². The van der Waals surface area contributed by atoms with E-state index in [-0.39, 0.29) is 5.41 Å². The van der Waals surface area contributed by atoms with Gasteiger partial charge in [-0.3, -0.25) is 0 Å². The van der Waals surface area contributed by atoms with Crippen LogP contribution >= 0.6 is 0 Å². The molecule has 10 aromatic carbocycles. The van der Waals surface area contributed by atoms with Gasteiger partial charge in [0.1, 0.15) is 22.3 Å². The summed E-state index contributed by atoms with van der Waals surface area (Å²) in [5.74, 6) is 0. The molecule has 13 rings (SSSR count). The number of hydrogen-bond acceptors (Lipinski definition) is 3. The molecule has 2 heterocycles. The van der Waals surface area contributed by atoms with E-state index in [0.717, 1.165) is 66.7 Å². The first-order valence-corrected chi connectivity index (χ1v) is 20.8. The van der Waals surface area contributed by atoms with Crippen molar-refractivity contribution in [1.82, 2.24) is 0 Å². The van der Waals surface area contributed by atoms with Crippen molar-refractivity contribution in [1.29, 1.82) is 0 Å². The van der Waals surface area contributed by atoms with Crippen molar-refractivity contribution >= 4 is 93.3 Å². The zero-order chi connectivity index (χ0) is 39.7. The van der Waals surface area contributed by atoms with E-state index in [4.69, 9.17) is 8.83 Å². The van der Waals surface area contributed by atoms with E-state index in [1.54, 1.807) is 0 Å². The number of fused-ring (bicyclic) bond motifs is 16. The summed E-state index contributed by atoms with van der Waals surface area (Å²) in [7, 11) is 0. The maximum atomic E-state index is 6.50. The summed E-state index contributed by atoms with van der Waals surface area (Å²) in [6.45, 7) is 4.72. The SMILES string of the molecule is CC1(C)c2ccccc2-c2ccc(N(c3ccc(-c4cccc5c4oc4ccccc45)cc3)c3cccc4c5ccc6oc7ccccc7c6c5c5ccccc5c34)cc21. The van der Waals surface area contributed by atoms with Crippen molar-refractivity contribution in [2.45, 2.75) is 19.3 Å². The van der Waals surface area contributed by atoms with Crippen LogP contribution in [0.15, 0.2) is 197 Å². The Labute approximate surface area is 346 Å². The maximum Gasteiger partial charge on any atom is 0.143 e. The van der Waals surface area contributed by atoms with Gasteiger partial charge in [0.05, 0.1) is 5.69 Å². The Hall–Kier alpha value is -7.62. The highest BCUT2D eigenvalue weighted by atomic mass is 16.3. The molecule has 0 fully saturated rings. The molecule has 1 aliphatic rings. The molecular weight excluding hydrogens is 731 g/mol. The monoisotopic (exact) mass is 767 g/mol. The van der Waals surface area contributed by atoms with Crippen LogP contribution in [0.25, 0.3) is 98.4 Å². The molecule has 0 amide bonds. The molecule has 60 heavy (non-hydrogen) atoms. The molecular formula is C57H37NO2. The van der Waals surface area contributed by atoms with Gasteiger partial charge in [0, 0.05) is 54.7 Å². The summed E-state index contributed by atoms with van der Waals surface area (Å²) in [6.07, 6.45) is 0. The minimum absolute atomic E-state index is 0.150. The lowest BCUT2D eigenvalue weighted by atomic mass is 9.82. The van der Waals surface area contributed by atoms with Crippen LogP contribution in [-0.2, 0) is 5.41 Å². The molecule has 0 unspecified atom stereocenters. The third-order valence-electron chi connectivity index (χ3n) is 13.2. The average Bonchev–Trinajstić information content (AvgIpc) is 3.94. The number of para-hydroxylation sites is 3. The van der Waals surface area contributed by atoms with Gasteiger partial charge in [-0.25, -0.2) is 0 Å². The van der Waals surface area contributed by atoms with Crippen LogP contribution in [0.4, 0.5) is 17.1 Å². The van der Waals surface area contributed by atoms with Gasteiger partial charge in [-0.2, -0.15) is 0 Å². The Morgan fingerprint density at radius 3 is 1.77 bits per heavy atom. The van der Waals surface area contributed by atoms with Gasteiger partial charge in [-0.1, -0.05) is 147 Å². The standard InChI is InChI=1S/C57H37NO2/c1-57(2)47-21-8-5-13-38(47)39-30-29-36(33-48(39)57)58(35-27-25-34(26-28-35)37-18-11-20-45-40-14-6-9-23-50(40)60-56(37)45)49-22-12-19-42-44-31-32-52-55(46-17-7-10-24-51(46)59-52)54(44)43-16-4-3-15-41(43)53(42)49/h3-33H,1-2H3. The largest absolute Gasteiger partial charge is 0.456 e. The Balaban J connectivity index is 1.07. The van der Waals surface area contributed by atoms with Crippen LogP contribution in [0.2, 0.25) is 0 Å². The summed E-state index contributed by atoms with van der Waals surface area (Å²) in [5.41, 5.74) is 14.3. The number of rotatable bonds is 4. The van der Waals surface area contributed by atoms with E-state index >= 15 is 0 Å². The summed E-state index contributed by atoms with van der Waals surface area (Å²) in [6, 6.07) is 68.3. The quantitative estimate of drug-likeness (QED) is 0.167. The Kier molecular flexibility index (Phi) is 6.78. The Morgan fingerprint density at radius 1 is 0.367 bits per heavy atom. The van der Waals surface area contributed by atoms with E-state index in [1.807, 2.05) is 18.2 Å². The lowest BCUT2D eigenvalue weighted by Gasteiger charge is -2.30. The van der Waals surface area contributed by atoms with E-state index in [9.17, 15) is 0 Å². The molecule has 1 aliphatic carbocycles. The second-order valence-electron chi connectivity index (χ2n) is 16.8. The molecule has 3 nitrogen and oxygen atoms in total. The van der Waals surface area contributed by atoms with E-state index in [1.165, 1.54) is 60.0 Å². The van der Waals surface area contributed by atoms with Gasteiger partial charge in [0.15, 0.2) is 0 Å². The summed E-state index contributed by atoms with van der Waals surface area (Å²) < 4.78 is 12.9. The summed E-state index contributed by atoms with van der Waals surface area (Å²) in [5, 5.41) is 11.9. The van der Waals surface area contributed by atoms with Crippen molar-refractivity contribution in [3.8, 4) is 22.3 Å². The lowest BCUT2D eigenvalue weighted by Crippen LogP contribution is -2.16. The van der Waals surface area contributed by atoms with E-state index in [0.29, 0.717) is 0 Å². The van der Waals surface area contributed by atoms with Crippen LogP contribution in [0, 0.1) is 0 Å². The van der Waals surface area contributed by atoms with Crippen LogP contribution in [-0.4, -0.2) is 0 Å². The molecule has 0 spiro atoms. The molecule has 0 radical (unpaired) electrons. The average molecular weight is 768 g/mol. The first-order valence-electron chi connectivity index (χ1n) is 20.8. The summed E-state index contributed by atoms with van der Waals surface area (Å²) >= 11 is 0. The molecule has 3 heteroatoms. The normalized spacial score (nSPS) is 13.3. The van der Waals surface area contributed by atoms with E-state index in [2.05, 4.69) is 189 Å². The molecule has 0 aliphatic heterocycles. The van der Waals surface area contributed by atoms with Crippen molar-refractivity contribution in [3.63, 3.8) is 0 Å². The highest BCUT2D eigenvalue weighted by Crippen LogP contribution is 2.52. The van der Waals surface area contributed by atoms with Gasteiger partial charge in [-0.15, -0.1) is 0 Å². The van der Waals surface area contributed by atoms with Gasteiger partial charge >= 0.3 is 0 Å². The third kappa shape index (κ3) is 4.55. The number of anilines is 3. The smallest absolute Gasteiger partial charge is 0.143 e. The highest BCUT2D eigenvalue weighted by Gasteiger charge is 2.36. The molecule has 0 saturated heterocycles. The van der Waals surface area contributed by atoms with E-state index < -0.39 is 0 Å². The molecule has 0 saturated carbocycles. The molecule has 12 aromatic rings. The fourth-order valence-corrected chi connectivity index (χ4v) is 10.5. The Bertz CT molecular complexity index is 3720. The lowest BCUT2D eigenvalue weighted by molar-refractivity contribution is 0.660. The Morgan fingerprint density at radius 2 is 0.950 bits per heavy atom. The van der Waals surface area contributed by atoms with Gasteiger partial charge in [-0.05, 0) is 104 Å². The minimum Gasteiger partial charge on any atom is -0.456 e. The fraction of sp³-hybridized carbons (Fsp3) is 0.0526. The maximum absolute atomic E-state index is 6.50. The topological polar surface area (TPSA) is 29.5 Å². The first-order chi connectivity index (χ1) is 29.5. The van der Waals surface area contributed by atoms with Crippen molar-refractivity contribution in [2.75, 3.05) is 4.90 Å². The van der Waals surface area contributed by atoms with Crippen LogP contribution in [0.3, 0.4) is 0 Å². The zero-order valence-electron chi connectivity index (χ0n) is 33.2. The van der Waals surface area contributed by atoms with Crippen LogP contribution in [0.1, 0.15) is 25.0 Å². The number of hydrogen-bond donors (Lipinski definition) is 0. The fourth-order valence-electron chi connectivity index (χ4n) is 10.5. The molecule has 2 aromatic heterocycles. The predicted octanol–water partition coefficient (Wildman–Crippen LogP) is 16.4. The van der Waals surface area contributed by atoms with Crippen LogP contribution < -0.4 is 4.90 Å². The zero-order valence-corrected chi connectivity index (χ0v) is 33.2. The molecule has 0 N–H and O–H groups in total. The molecule has 282 valence electrons. The number of nitrogens with zero attached hydrogens (tertiary/aromatic N) is 1. The number of benzene rings is 10. The number of furan rings is 2. The van der Waals surface area contributed by atoms with Crippen molar-refractivity contribution < 1.29 is 8.83 Å². The van der Waals surface area contributed by atoms with Gasteiger partial charge < -0.3 is 13.7 Å². The second kappa shape index (κ2) is 12.2. The minimum atomic E-state index is -0.150. The molecule has 0 atom stereocenters. The third-order valence-corrected chi connectivity index (χ3v) is 13.2. The molecule has 0 bridgehead atoms.